The molecule has 0 spiro atoms. The molecule has 1 N–H and O–H groups in total. The molecule has 5 heteroatoms. The summed E-state index contributed by atoms with van der Waals surface area (Å²) in [5, 5.41) is 2.41. The topological polar surface area (TPSA) is 47.6 Å². The zero-order chi connectivity index (χ0) is 11.8. The van der Waals surface area contributed by atoms with E-state index < -0.39 is 6.09 Å². The summed E-state index contributed by atoms with van der Waals surface area (Å²) in [6, 6.07) is 5.58. The van der Waals surface area contributed by atoms with Crippen LogP contribution in [0, 0.1) is 0 Å². The van der Waals surface area contributed by atoms with Crippen LogP contribution >= 0.6 is 0 Å². The Hall–Kier alpha value is -0.710. The zero-order valence-corrected chi connectivity index (χ0v) is 9.66. The van der Waals surface area contributed by atoms with E-state index in [1.807, 2.05) is 26.0 Å². The van der Waals surface area contributed by atoms with Crippen LogP contribution in [0.4, 0.5) is 4.79 Å². The van der Waals surface area contributed by atoms with Crippen molar-refractivity contribution < 1.29 is 14.3 Å². The van der Waals surface area contributed by atoms with E-state index in [0.717, 1.165) is 12.0 Å². The molecule has 0 atom stereocenters. The molecule has 17 heavy (non-hydrogen) atoms. The fourth-order valence-corrected chi connectivity index (χ4v) is 1.82. The number of amides is 1. The molecule has 2 rings (SSSR count). The first-order valence-electron chi connectivity index (χ1n) is 5.22. The van der Waals surface area contributed by atoms with Gasteiger partial charge in [0.2, 0.25) is 0 Å². The second kappa shape index (κ2) is 5.29. The van der Waals surface area contributed by atoms with Crippen LogP contribution in [0.1, 0.15) is 19.4 Å². The van der Waals surface area contributed by atoms with Crippen molar-refractivity contribution >= 4 is 35.7 Å². The SMILES string of the molecule is CNC(=O)Oc1cccc2c1OC(C)(C)C2.[NaH]. The summed E-state index contributed by atoms with van der Waals surface area (Å²) in [5.74, 6) is 1.15. The molecule has 1 heterocycles. The third-order valence-electron chi connectivity index (χ3n) is 2.46. The Morgan fingerprint density at radius 3 is 2.82 bits per heavy atom. The number of benzene rings is 1. The quantitative estimate of drug-likeness (QED) is 0.762. The van der Waals surface area contributed by atoms with Crippen LogP contribution in [0.2, 0.25) is 0 Å². The number of hydrogen-bond donors (Lipinski definition) is 1. The van der Waals surface area contributed by atoms with Crippen molar-refractivity contribution in [2.24, 2.45) is 0 Å². The number of ether oxygens (including phenoxy) is 2. The average molecular weight is 245 g/mol. The summed E-state index contributed by atoms with van der Waals surface area (Å²) >= 11 is 0. The van der Waals surface area contributed by atoms with Crippen molar-refractivity contribution in [3.05, 3.63) is 23.8 Å². The first-order valence-corrected chi connectivity index (χ1v) is 5.22. The third-order valence-corrected chi connectivity index (χ3v) is 2.46. The van der Waals surface area contributed by atoms with E-state index in [1.165, 1.54) is 7.05 Å². The maximum atomic E-state index is 11.2. The van der Waals surface area contributed by atoms with Gasteiger partial charge in [-0.15, -0.1) is 0 Å². The third kappa shape index (κ3) is 3.15. The van der Waals surface area contributed by atoms with E-state index in [9.17, 15) is 4.79 Å². The predicted molar refractivity (Wildman–Crippen MR) is 67.1 cm³/mol. The minimum atomic E-state index is -0.485. The predicted octanol–water partition coefficient (Wildman–Crippen LogP) is 1.47. The van der Waals surface area contributed by atoms with Crippen molar-refractivity contribution in [2.45, 2.75) is 25.9 Å². The Kier molecular flexibility index (Phi) is 4.47. The van der Waals surface area contributed by atoms with Crippen LogP contribution in [0.15, 0.2) is 18.2 Å². The summed E-state index contributed by atoms with van der Waals surface area (Å²) in [4.78, 5) is 11.2. The number of nitrogens with one attached hydrogen (secondary N) is 1. The molecule has 0 radical (unpaired) electrons. The van der Waals surface area contributed by atoms with Gasteiger partial charge in [-0.1, -0.05) is 12.1 Å². The van der Waals surface area contributed by atoms with Gasteiger partial charge in [-0.05, 0) is 19.9 Å². The number of fused-ring (bicyclic) bond motifs is 1. The van der Waals surface area contributed by atoms with E-state index in [2.05, 4.69) is 5.32 Å². The number of carbonyl (C=O) groups excluding carboxylic acids is 1. The molecule has 0 unspecified atom stereocenters. The minimum absolute atomic E-state index is 0. The van der Waals surface area contributed by atoms with Gasteiger partial charge in [-0.25, -0.2) is 4.79 Å². The van der Waals surface area contributed by atoms with Crippen LogP contribution in [-0.2, 0) is 6.42 Å². The van der Waals surface area contributed by atoms with Gasteiger partial charge < -0.3 is 14.8 Å². The first-order chi connectivity index (χ1) is 7.52. The molecule has 1 aromatic carbocycles. The molecular formula is C12H16NNaO3. The molecule has 4 nitrogen and oxygen atoms in total. The standard InChI is InChI=1S/C12H15NO3.Na.H/c1-12(2)7-8-5-4-6-9(10(8)16-12)15-11(14)13-3;;/h4-6H,7H2,1-3H3,(H,13,14);;. The van der Waals surface area contributed by atoms with E-state index in [4.69, 9.17) is 9.47 Å². The van der Waals surface area contributed by atoms with E-state index in [1.54, 1.807) is 6.07 Å². The molecule has 1 aliphatic heterocycles. The van der Waals surface area contributed by atoms with Crippen LogP contribution in [0.3, 0.4) is 0 Å². The van der Waals surface area contributed by atoms with Gasteiger partial charge in [0, 0.05) is 19.0 Å². The molecule has 1 amide bonds. The second-order valence-corrected chi connectivity index (χ2v) is 4.42. The second-order valence-electron chi connectivity index (χ2n) is 4.42. The van der Waals surface area contributed by atoms with Gasteiger partial charge >= 0.3 is 35.7 Å². The van der Waals surface area contributed by atoms with E-state index >= 15 is 0 Å². The monoisotopic (exact) mass is 245 g/mol. The van der Waals surface area contributed by atoms with Gasteiger partial charge in [0.15, 0.2) is 11.5 Å². The summed E-state index contributed by atoms with van der Waals surface area (Å²) in [5.41, 5.74) is 0.844. The summed E-state index contributed by atoms with van der Waals surface area (Å²) in [6.45, 7) is 4.02. The molecule has 1 aromatic rings. The summed E-state index contributed by atoms with van der Waals surface area (Å²) in [6.07, 6.45) is 0.342. The van der Waals surface area contributed by atoms with E-state index in [0.29, 0.717) is 11.5 Å². The molecule has 88 valence electrons. The van der Waals surface area contributed by atoms with Gasteiger partial charge in [0.05, 0.1) is 0 Å². The van der Waals surface area contributed by atoms with Crippen LogP contribution < -0.4 is 14.8 Å². The molecule has 0 saturated carbocycles. The van der Waals surface area contributed by atoms with Gasteiger partial charge in [-0.2, -0.15) is 0 Å². The molecular weight excluding hydrogens is 229 g/mol. The first kappa shape index (κ1) is 14.4. The maximum absolute atomic E-state index is 11.2. The Morgan fingerprint density at radius 2 is 2.18 bits per heavy atom. The van der Waals surface area contributed by atoms with Crippen molar-refractivity contribution in [3.63, 3.8) is 0 Å². The molecule has 0 fully saturated rings. The number of rotatable bonds is 1. The van der Waals surface area contributed by atoms with Crippen LogP contribution in [0.25, 0.3) is 0 Å². The Labute approximate surface area is 123 Å². The molecule has 0 bridgehead atoms. The van der Waals surface area contributed by atoms with Crippen molar-refractivity contribution in [2.75, 3.05) is 7.05 Å². The molecule has 0 aliphatic carbocycles. The van der Waals surface area contributed by atoms with Crippen molar-refractivity contribution in [3.8, 4) is 11.5 Å². The average Bonchev–Trinajstić information content (AvgIpc) is 2.53. The normalized spacial score (nSPS) is 15.2. The van der Waals surface area contributed by atoms with E-state index in [-0.39, 0.29) is 35.2 Å². The number of hydrogen-bond acceptors (Lipinski definition) is 3. The number of para-hydroxylation sites is 1. The molecule has 1 aliphatic rings. The Bertz CT molecular complexity index is 432. The van der Waals surface area contributed by atoms with Crippen LogP contribution in [-0.4, -0.2) is 48.3 Å². The molecule has 0 saturated heterocycles. The summed E-state index contributed by atoms with van der Waals surface area (Å²) < 4.78 is 10.9. The molecule has 0 aromatic heterocycles. The van der Waals surface area contributed by atoms with Gasteiger partial charge in [0.25, 0.3) is 0 Å². The fourth-order valence-electron chi connectivity index (χ4n) is 1.82. The summed E-state index contributed by atoms with van der Waals surface area (Å²) in [7, 11) is 1.52. The fraction of sp³-hybridized carbons (Fsp3) is 0.417. The number of carbonyl (C=O) groups is 1. The van der Waals surface area contributed by atoms with Gasteiger partial charge in [0.1, 0.15) is 5.60 Å². The van der Waals surface area contributed by atoms with Crippen molar-refractivity contribution in [1.82, 2.24) is 5.32 Å². The Balaban J connectivity index is 0.00000144. The zero-order valence-electron chi connectivity index (χ0n) is 9.66. The Morgan fingerprint density at radius 1 is 1.47 bits per heavy atom. The van der Waals surface area contributed by atoms with Crippen molar-refractivity contribution in [1.29, 1.82) is 0 Å². The van der Waals surface area contributed by atoms with Gasteiger partial charge in [-0.3, -0.25) is 0 Å². The van der Waals surface area contributed by atoms with Crippen LogP contribution in [0.5, 0.6) is 11.5 Å².